The van der Waals surface area contributed by atoms with E-state index in [0.717, 1.165) is 11.4 Å². The number of nitrogens with zero attached hydrogens (tertiary/aromatic N) is 2. The lowest BCUT2D eigenvalue weighted by Gasteiger charge is -2.04. The molecule has 0 unspecified atom stereocenters. The molecule has 108 valence electrons. The molecule has 2 aromatic heterocycles. The van der Waals surface area contributed by atoms with Gasteiger partial charge in [0, 0.05) is 12.7 Å². The summed E-state index contributed by atoms with van der Waals surface area (Å²) in [5, 5.41) is 10.9. The number of halogens is 1. The van der Waals surface area contributed by atoms with E-state index in [1.54, 1.807) is 12.1 Å². The maximum Gasteiger partial charge on any atom is 0.283 e. The van der Waals surface area contributed by atoms with Gasteiger partial charge in [-0.1, -0.05) is 0 Å². The SMILES string of the molecule is CNc1ccc(OCc2nnc(-c3ccc(Br)o3)o2)cc1. The van der Waals surface area contributed by atoms with Gasteiger partial charge in [0.05, 0.1) is 0 Å². The van der Waals surface area contributed by atoms with Crippen LogP contribution in [0.1, 0.15) is 5.89 Å². The zero-order valence-electron chi connectivity index (χ0n) is 11.2. The van der Waals surface area contributed by atoms with Gasteiger partial charge in [0.25, 0.3) is 11.8 Å². The van der Waals surface area contributed by atoms with Crippen molar-refractivity contribution >= 4 is 21.6 Å². The van der Waals surface area contributed by atoms with Crippen LogP contribution in [0.4, 0.5) is 5.69 Å². The Labute approximate surface area is 129 Å². The fraction of sp³-hybridized carbons (Fsp3) is 0.143. The quantitative estimate of drug-likeness (QED) is 0.756. The lowest BCUT2D eigenvalue weighted by Crippen LogP contribution is -1.96. The number of hydrogen-bond donors (Lipinski definition) is 1. The van der Waals surface area contributed by atoms with Gasteiger partial charge in [-0.2, -0.15) is 0 Å². The normalized spacial score (nSPS) is 10.6. The highest BCUT2D eigenvalue weighted by molar-refractivity contribution is 9.10. The Bertz CT molecular complexity index is 721. The van der Waals surface area contributed by atoms with Crippen LogP contribution < -0.4 is 10.1 Å². The number of aromatic nitrogens is 2. The highest BCUT2D eigenvalue weighted by Gasteiger charge is 2.12. The van der Waals surface area contributed by atoms with E-state index in [-0.39, 0.29) is 6.61 Å². The Balaban J connectivity index is 1.64. The number of hydrogen-bond acceptors (Lipinski definition) is 6. The fourth-order valence-electron chi connectivity index (χ4n) is 1.70. The average molecular weight is 350 g/mol. The minimum Gasteiger partial charge on any atom is -0.484 e. The van der Waals surface area contributed by atoms with Crippen LogP contribution in [0, 0.1) is 0 Å². The summed E-state index contributed by atoms with van der Waals surface area (Å²) < 4.78 is 17.0. The van der Waals surface area contributed by atoms with Gasteiger partial charge in [0.2, 0.25) is 0 Å². The molecule has 3 rings (SSSR count). The van der Waals surface area contributed by atoms with E-state index in [1.165, 1.54) is 0 Å². The summed E-state index contributed by atoms with van der Waals surface area (Å²) in [7, 11) is 1.86. The van der Waals surface area contributed by atoms with Gasteiger partial charge in [0.1, 0.15) is 5.75 Å². The summed E-state index contributed by atoms with van der Waals surface area (Å²) in [5.41, 5.74) is 1.02. The molecule has 0 atom stereocenters. The highest BCUT2D eigenvalue weighted by Crippen LogP contribution is 2.24. The Morgan fingerprint density at radius 3 is 2.57 bits per heavy atom. The van der Waals surface area contributed by atoms with Crippen molar-refractivity contribution < 1.29 is 13.6 Å². The molecule has 0 aliphatic rings. The molecule has 0 radical (unpaired) electrons. The zero-order chi connectivity index (χ0) is 14.7. The van der Waals surface area contributed by atoms with E-state index >= 15 is 0 Å². The van der Waals surface area contributed by atoms with Crippen molar-refractivity contribution in [1.29, 1.82) is 0 Å². The zero-order valence-corrected chi connectivity index (χ0v) is 12.8. The predicted octanol–water partition coefficient (Wildman–Crippen LogP) is 3.71. The Kier molecular flexibility index (Phi) is 3.92. The lowest BCUT2D eigenvalue weighted by atomic mass is 10.3. The van der Waals surface area contributed by atoms with Crippen molar-refractivity contribution in [2.75, 3.05) is 12.4 Å². The van der Waals surface area contributed by atoms with Crippen molar-refractivity contribution in [3.63, 3.8) is 0 Å². The highest BCUT2D eigenvalue weighted by atomic mass is 79.9. The Morgan fingerprint density at radius 2 is 1.90 bits per heavy atom. The Hall–Kier alpha value is -2.28. The predicted molar refractivity (Wildman–Crippen MR) is 80.0 cm³/mol. The number of benzene rings is 1. The molecular weight excluding hydrogens is 338 g/mol. The van der Waals surface area contributed by atoms with Crippen molar-refractivity contribution in [3.05, 3.63) is 47.0 Å². The van der Waals surface area contributed by atoms with Crippen LogP contribution in [-0.2, 0) is 6.61 Å². The minimum atomic E-state index is 0.202. The molecule has 21 heavy (non-hydrogen) atoms. The van der Waals surface area contributed by atoms with Gasteiger partial charge < -0.3 is 18.9 Å². The van der Waals surface area contributed by atoms with E-state index in [2.05, 4.69) is 31.4 Å². The molecule has 0 bridgehead atoms. The van der Waals surface area contributed by atoms with Crippen LogP contribution in [0.25, 0.3) is 11.7 Å². The first-order valence-corrected chi connectivity index (χ1v) is 7.02. The van der Waals surface area contributed by atoms with Gasteiger partial charge >= 0.3 is 0 Å². The summed E-state index contributed by atoms with van der Waals surface area (Å²) >= 11 is 3.22. The smallest absolute Gasteiger partial charge is 0.283 e. The summed E-state index contributed by atoms with van der Waals surface area (Å²) in [6, 6.07) is 11.1. The monoisotopic (exact) mass is 349 g/mol. The molecule has 2 heterocycles. The van der Waals surface area contributed by atoms with Gasteiger partial charge in [0.15, 0.2) is 17.0 Å². The summed E-state index contributed by atoms with van der Waals surface area (Å²) in [6.07, 6.45) is 0. The van der Waals surface area contributed by atoms with E-state index in [0.29, 0.717) is 22.2 Å². The minimum absolute atomic E-state index is 0.202. The van der Waals surface area contributed by atoms with Crippen molar-refractivity contribution in [2.45, 2.75) is 6.61 Å². The van der Waals surface area contributed by atoms with Gasteiger partial charge in [-0.25, -0.2) is 0 Å². The third-order valence-electron chi connectivity index (χ3n) is 2.76. The lowest BCUT2D eigenvalue weighted by molar-refractivity contribution is 0.264. The first kappa shape index (κ1) is 13.7. The van der Waals surface area contributed by atoms with Crippen molar-refractivity contribution in [2.24, 2.45) is 0 Å². The maximum atomic E-state index is 5.58. The molecule has 0 saturated heterocycles. The number of ether oxygens (including phenoxy) is 1. The molecule has 1 aromatic carbocycles. The first-order valence-electron chi connectivity index (χ1n) is 6.23. The maximum absolute atomic E-state index is 5.58. The molecule has 1 N–H and O–H groups in total. The van der Waals surface area contributed by atoms with E-state index in [9.17, 15) is 0 Å². The Morgan fingerprint density at radius 1 is 1.10 bits per heavy atom. The molecule has 3 aromatic rings. The average Bonchev–Trinajstić information content (AvgIpc) is 3.14. The molecule has 0 fully saturated rings. The molecule has 0 aliphatic heterocycles. The van der Waals surface area contributed by atoms with Crippen LogP contribution in [0.2, 0.25) is 0 Å². The van der Waals surface area contributed by atoms with E-state index in [1.807, 2.05) is 31.3 Å². The third kappa shape index (κ3) is 3.25. The second kappa shape index (κ2) is 6.01. The fourth-order valence-corrected chi connectivity index (χ4v) is 2.01. The van der Waals surface area contributed by atoms with Gasteiger partial charge in [-0.15, -0.1) is 10.2 Å². The molecule has 0 aliphatic carbocycles. The number of anilines is 1. The largest absolute Gasteiger partial charge is 0.484 e. The van der Waals surface area contributed by atoms with Crippen LogP contribution in [-0.4, -0.2) is 17.2 Å². The molecule has 0 spiro atoms. The molecule has 6 nitrogen and oxygen atoms in total. The second-order valence-electron chi connectivity index (χ2n) is 4.17. The van der Waals surface area contributed by atoms with Crippen LogP contribution in [0.3, 0.4) is 0 Å². The van der Waals surface area contributed by atoms with Crippen molar-refractivity contribution in [1.82, 2.24) is 10.2 Å². The van der Waals surface area contributed by atoms with Crippen LogP contribution >= 0.6 is 15.9 Å². The second-order valence-corrected chi connectivity index (χ2v) is 4.95. The van der Waals surface area contributed by atoms with E-state index < -0.39 is 0 Å². The first-order chi connectivity index (χ1) is 10.2. The molecule has 7 heteroatoms. The van der Waals surface area contributed by atoms with Crippen LogP contribution in [0.15, 0.2) is 49.9 Å². The van der Waals surface area contributed by atoms with Gasteiger partial charge in [-0.3, -0.25) is 0 Å². The van der Waals surface area contributed by atoms with Crippen LogP contribution in [0.5, 0.6) is 5.75 Å². The standard InChI is InChI=1S/C14H12BrN3O3/c1-16-9-2-4-10(5-3-9)19-8-13-17-18-14(21-13)11-6-7-12(15)20-11/h2-7,16H,8H2,1H3. The summed E-state index contributed by atoms with van der Waals surface area (Å²) in [5.74, 6) is 1.95. The summed E-state index contributed by atoms with van der Waals surface area (Å²) in [4.78, 5) is 0. The molecule has 0 amide bonds. The number of rotatable bonds is 5. The summed E-state index contributed by atoms with van der Waals surface area (Å²) in [6.45, 7) is 0.202. The van der Waals surface area contributed by atoms with E-state index in [4.69, 9.17) is 13.6 Å². The molecule has 0 saturated carbocycles. The number of furan rings is 1. The molecular formula is C14H12BrN3O3. The number of nitrogens with one attached hydrogen (secondary N) is 1. The van der Waals surface area contributed by atoms with Crippen molar-refractivity contribution in [3.8, 4) is 17.4 Å². The van der Waals surface area contributed by atoms with Gasteiger partial charge in [-0.05, 0) is 52.3 Å². The third-order valence-corrected chi connectivity index (χ3v) is 3.18. The topological polar surface area (TPSA) is 73.3 Å².